The number of hydrogen-bond acceptors (Lipinski definition) is 6. The maximum atomic E-state index is 5.45. The fraction of sp³-hybridized carbons (Fsp3) is 0.333. The van der Waals surface area contributed by atoms with E-state index in [1.807, 2.05) is 18.2 Å². The molecule has 0 unspecified atom stereocenters. The number of ether oxygens (including phenoxy) is 2. The highest BCUT2D eigenvalue weighted by Crippen LogP contribution is 2.29. The maximum absolute atomic E-state index is 5.45. The lowest BCUT2D eigenvalue weighted by atomic mass is 10.1. The summed E-state index contributed by atoms with van der Waals surface area (Å²) in [6.45, 7) is 0.627. The van der Waals surface area contributed by atoms with E-state index in [4.69, 9.17) is 19.7 Å². The van der Waals surface area contributed by atoms with Crippen LogP contribution in [0.5, 0.6) is 5.75 Å². The molecule has 0 amide bonds. The molecular weight excluding hydrogens is 234 g/mol. The summed E-state index contributed by atoms with van der Waals surface area (Å²) in [7, 11) is 3.23. The van der Waals surface area contributed by atoms with Crippen molar-refractivity contribution in [1.82, 2.24) is 10.1 Å². The van der Waals surface area contributed by atoms with Crippen LogP contribution in [-0.2, 0) is 17.9 Å². The summed E-state index contributed by atoms with van der Waals surface area (Å²) < 4.78 is 15.5. The van der Waals surface area contributed by atoms with E-state index in [-0.39, 0.29) is 6.54 Å². The Bertz CT molecular complexity index is 525. The van der Waals surface area contributed by atoms with Crippen molar-refractivity contribution in [2.75, 3.05) is 14.2 Å². The minimum Gasteiger partial charge on any atom is -0.496 e. The molecule has 1 aromatic carbocycles. The summed E-state index contributed by atoms with van der Waals surface area (Å²) in [6.07, 6.45) is 0. The number of benzene rings is 1. The monoisotopic (exact) mass is 249 g/mol. The van der Waals surface area contributed by atoms with Crippen LogP contribution in [0.15, 0.2) is 22.7 Å². The van der Waals surface area contributed by atoms with Crippen LogP contribution < -0.4 is 10.5 Å². The van der Waals surface area contributed by atoms with Crippen LogP contribution in [0.25, 0.3) is 11.4 Å². The minimum absolute atomic E-state index is 0.219. The van der Waals surface area contributed by atoms with Gasteiger partial charge in [0.2, 0.25) is 11.7 Å². The average molecular weight is 249 g/mol. The molecule has 18 heavy (non-hydrogen) atoms. The summed E-state index contributed by atoms with van der Waals surface area (Å²) in [4.78, 5) is 4.20. The van der Waals surface area contributed by atoms with E-state index in [0.717, 1.165) is 16.9 Å². The normalized spacial score (nSPS) is 10.6. The van der Waals surface area contributed by atoms with Gasteiger partial charge in [0.25, 0.3) is 0 Å². The molecule has 0 radical (unpaired) electrons. The molecule has 2 rings (SSSR count). The van der Waals surface area contributed by atoms with E-state index >= 15 is 0 Å². The second-order valence-electron chi connectivity index (χ2n) is 3.64. The topological polar surface area (TPSA) is 83.4 Å². The summed E-state index contributed by atoms with van der Waals surface area (Å²) >= 11 is 0. The van der Waals surface area contributed by atoms with E-state index < -0.39 is 0 Å². The van der Waals surface area contributed by atoms with Crippen LogP contribution in [0, 0.1) is 0 Å². The molecule has 0 bridgehead atoms. The zero-order valence-corrected chi connectivity index (χ0v) is 10.3. The van der Waals surface area contributed by atoms with Crippen molar-refractivity contribution in [2.45, 2.75) is 13.2 Å². The Morgan fingerprint density at radius 1 is 1.33 bits per heavy atom. The number of nitrogens with zero attached hydrogens (tertiary/aromatic N) is 2. The third kappa shape index (κ3) is 2.34. The van der Waals surface area contributed by atoms with E-state index in [9.17, 15) is 0 Å². The summed E-state index contributed by atoms with van der Waals surface area (Å²) in [5.74, 6) is 1.62. The van der Waals surface area contributed by atoms with Crippen LogP contribution in [0.1, 0.15) is 11.5 Å². The van der Waals surface area contributed by atoms with Gasteiger partial charge in [0.1, 0.15) is 5.75 Å². The standard InChI is InChI=1S/C12H15N3O3/c1-16-7-9-8(4-3-5-10(9)17-2)12-14-11(6-13)18-15-12/h3-5H,6-7,13H2,1-2H3. The number of aromatic nitrogens is 2. The van der Waals surface area contributed by atoms with Crippen molar-refractivity contribution < 1.29 is 14.0 Å². The first-order chi connectivity index (χ1) is 8.80. The summed E-state index contributed by atoms with van der Waals surface area (Å²) in [5, 5.41) is 3.90. The fourth-order valence-electron chi connectivity index (χ4n) is 1.71. The highest BCUT2D eigenvalue weighted by molar-refractivity contribution is 5.63. The highest BCUT2D eigenvalue weighted by atomic mass is 16.5. The highest BCUT2D eigenvalue weighted by Gasteiger charge is 2.15. The lowest BCUT2D eigenvalue weighted by Gasteiger charge is -2.10. The second kappa shape index (κ2) is 5.61. The molecule has 6 nitrogen and oxygen atoms in total. The summed E-state index contributed by atoms with van der Waals surface area (Å²) in [5.41, 5.74) is 7.15. The molecule has 0 aliphatic carbocycles. The number of nitrogens with two attached hydrogens (primary N) is 1. The van der Waals surface area contributed by atoms with Crippen molar-refractivity contribution in [1.29, 1.82) is 0 Å². The molecule has 0 saturated heterocycles. The Morgan fingerprint density at radius 3 is 2.78 bits per heavy atom. The molecule has 2 N–H and O–H groups in total. The van der Waals surface area contributed by atoms with Gasteiger partial charge in [-0.3, -0.25) is 0 Å². The molecular formula is C12H15N3O3. The zero-order valence-electron chi connectivity index (χ0n) is 10.3. The fourth-order valence-corrected chi connectivity index (χ4v) is 1.71. The lowest BCUT2D eigenvalue weighted by molar-refractivity contribution is 0.182. The molecule has 0 spiro atoms. The number of methoxy groups -OCH3 is 2. The third-order valence-electron chi connectivity index (χ3n) is 2.53. The van der Waals surface area contributed by atoms with E-state index in [0.29, 0.717) is 18.3 Å². The molecule has 96 valence electrons. The first-order valence-corrected chi connectivity index (χ1v) is 5.48. The van der Waals surface area contributed by atoms with Gasteiger partial charge in [0.05, 0.1) is 20.3 Å². The van der Waals surface area contributed by atoms with Crippen LogP contribution in [0.4, 0.5) is 0 Å². The Hall–Kier alpha value is -1.92. The Balaban J connectivity index is 2.48. The van der Waals surface area contributed by atoms with E-state index in [1.54, 1.807) is 14.2 Å². The van der Waals surface area contributed by atoms with Crippen molar-refractivity contribution in [3.8, 4) is 17.1 Å². The zero-order chi connectivity index (χ0) is 13.0. The van der Waals surface area contributed by atoms with Crippen LogP contribution >= 0.6 is 0 Å². The SMILES string of the molecule is COCc1c(OC)cccc1-c1noc(CN)n1. The van der Waals surface area contributed by atoms with Gasteiger partial charge in [0.15, 0.2) is 0 Å². The second-order valence-corrected chi connectivity index (χ2v) is 3.64. The lowest BCUT2D eigenvalue weighted by Crippen LogP contribution is -1.99. The molecule has 1 heterocycles. The third-order valence-corrected chi connectivity index (χ3v) is 2.53. The van der Waals surface area contributed by atoms with Crippen molar-refractivity contribution >= 4 is 0 Å². The molecule has 0 fully saturated rings. The molecule has 6 heteroatoms. The van der Waals surface area contributed by atoms with Gasteiger partial charge in [-0.1, -0.05) is 17.3 Å². The van der Waals surface area contributed by atoms with Crippen LogP contribution in [0.2, 0.25) is 0 Å². The van der Waals surface area contributed by atoms with Gasteiger partial charge in [-0.2, -0.15) is 4.98 Å². The smallest absolute Gasteiger partial charge is 0.240 e. The van der Waals surface area contributed by atoms with E-state index in [1.165, 1.54) is 0 Å². The average Bonchev–Trinajstić information content (AvgIpc) is 2.88. The maximum Gasteiger partial charge on any atom is 0.240 e. The molecule has 2 aromatic rings. The quantitative estimate of drug-likeness (QED) is 0.861. The van der Waals surface area contributed by atoms with Gasteiger partial charge >= 0.3 is 0 Å². The minimum atomic E-state index is 0.219. The molecule has 0 aliphatic heterocycles. The van der Waals surface area contributed by atoms with Gasteiger partial charge in [0, 0.05) is 18.2 Å². The van der Waals surface area contributed by atoms with Crippen molar-refractivity contribution in [3.05, 3.63) is 29.7 Å². The van der Waals surface area contributed by atoms with Crippen molar-refractivity contribution in [2.24, 2.45) is 5.73 Å². The van der Waals surface area contributed by atoms with Gasteiger partial charge in [-0.05, 0) is 6.07 Å². The molecule has 1 aromatic heterocycles. The van der Waals surface area contributed by atoms with Crippen molar-refractivity contribution in [3.63, 3.8) is 0 Å². The van der Waals surface area contributed by atoms with Crippen LogP contribution in [-0.4, -0.2) is 24.4 Å². The first-order valence-electron chi connectivity index (χ1n) is 5.48. The number of rotatable bonds is 5. The Morgan fingerprint density at radius 2 is 2.17 bits per heavy atom. The van der Waals surface area contributed by atoms with Gasteiger partial charge in [-0.15, -0.1) is 0 Å². The van der Waals surface area contributed by atoms with Crippen LogP contribution in [0.3, 0.4) is 0 Å². The largest absolute Gasteiger partial charge is 0.496 e. The molecule has 0 atom stereocenters. The predicted molar refractivity (Wildman–Crippen MR) is 64.9 cm³/mol. The summed E-state index contributed by atoms with van der Waals surface area (Å²) in [6, 6.07) is 5.62. The Kier molecular flexibility index (Phi) is 3.91. The predicted octanol–water partition coefficient (Wildman–Crippen LogP) is 1.35. The molecule has 0 aliphatic rings. The van der Waals surface area contributed by atoms with E-state index in [2.05, 4.69) is 10.1 Å². The first kappa shape index (κ1) is 12.5. The Labute approximate surface area is 105 Å². The molecule has 0 saturated carbocycles. The van der Waals surface area contributed by atoms with Gasteiger partial charge in [-0.25, -0.2) is 0 Å². The van der Waals surface area contributed by atoms with Gasteiger partial charge < -0.3 is 19.7 Å². The number of hydrogen-bond donors (Lipinski definition) is 1.